The number of nitrogens with zero attached hydrogens (tertiary/aromatic N) is 3. The second kappa shape index (κ2) is 7.65. The topological polar surface area (TPSA) is 63.5 Å². The molecule has 6 nitrogen and oxygen atoms in total. The van der Waals surface area contributed by atoms with Crippen molar-refractivity contribution in [2.75, 3.05) is 20.2 Å². The van der Waals surface area contributed by atoms with Crippen LogP contribution in [0.3, 0.4) is 0 Å². The molecule has 1 aromatic carbocycles. The maximum atomic E-state index is 14.3. The summed E-state index contributed by atoms with van der Waals surface area (Å²) >= 11 is 0. The molecule has 1 aliphatic rings. The Labute approximate surface area is 147 Å². The van der Waals surface area contributed by atoms with Gasteiger partial charge in [0.1, 0.15) is 5.82 Å². The highest BCUT2D eigenvalue weighted by Crippen LogP contribution is 2.23. The highest BCUT2D eigenvalue weighted by molar-refractivity contribution is 5.79. The van der Waals surface area contributed by atoms with Crippen molar-refractivity contribution in [3.63, 3.8) is 0 Å². The first-order chi connectivity index (χ1) is 12.1. The van der Waals surface area contributed by atoms with E-state index in [4.69, 9.17) is 4.74 Å². The van der Waals surface area contributed by atoms with Crippen LogP contribution in [0.1, 0.15) is 25.3 Å². The Bertz CT molecular complexity index is 723. The third kappa shape index (κ3) is 4.36. The van der Waals surface area contributed by atoms with Gasteiger partial charge in [-0.25, -0.2) is 9.37 Å². The first-order valence-electron chi connectivity index (χ1n) is 8.45. The number of rotatable bonds is 5. The van der Waals surface area contributed by atoms with Crippen molar-refractivity contribution < 1.29 is 9.13 Å². The zero-order chi connectivity index (χ0) is 17.7. The normalized spacial score (nSPS) is 20.7. The maximum absolute atomic E-state index is 14.3. The Morgan fingerprint density at radius 3 is 2.96 bits per heavy atom. The summed E-state index contributed by atoms with van der Waals surface area (Å²) in [4.78, 5) is 8.15. The largest absolute Gasteiger partial charge is 0.373 e. The molecule has 1 aromatic heterocycles. The smallest absolute Gasteiger partial charge is 0.191 e. The number of halogens is 1. The second-order valence-electron chi connectivity index (χ2n) is 6.44. The lowest BCUT2D eigenvalue weighted by molar-refractivity contribution is 0.0243. The molecule has 2 aromatic rings. The molecule has 134 valence electrons. The highest BCUT2D eigenvalue weighted by atomic mass is 19.1. The van der Waals surface area contributed by atoms with Gasteiger partial charge in [-0.3, -0.25) is 4.99 Å². The minimum atomic E-state index is -0.285. The highest BCUT2D eigenvalue weighted by Gasteiger charge is 2.29. The number of benzene rings is 1. The number of aromatic nitrogens is 2. The average molecular weight is 345 g/mol. The number of ether oxygens (including phenoxy) is 1. The molecule has 1 unspecified atom stereocenters. The number of hydrogen-bond donors (Lipinski definition) is 2. The summed E-state index contributed by atoms with van der Waals surface area (Å²) in [6, 6.07) is 5.16. The van der Waals surface area contributed by atoms with Gasteiger partial charge in [0.15, 0.2) is 5.96 Å². The maximum Gasteiger partial charge on any atom is 0.191 e. The van der Waals surface area contributed by atoms with E-state index in [9.17, 15) is 4.39 Å². The molecule has 0 aliphatic carbocycles. The molecular formula is C18H24FN5O. The van der Waals surface area contributed by atoms with E-state index in [1.54, 1.807) is 36.4 Å². The summed E-state index contributed by atoms with van der Waals surface area (Å²) in [6.07, 6.45) is 7.05. The molecule has 0 amide bonds. The van der Waals surface area contributed by atoms with Crippen molar-refractivity contribution in [3.8, 4) is 5.69 Å². The third-order valence-electron chi connectivity index (χ3n) is 4.41. The van der Waals surface area contributed by atoms with Crippen molar-refractivity contribution in [2.45, 2.75) is 31.9 Å². The van der Waals surface area contributed by atoms with E-state index >= 15 is 0 Å². The fraction of sp³-hybridized carbons (Fsp3) is 0.444. The predicted octanol–water partition coefficient (Wildman–Crippen LogP) is 2.25. The van der Waals surface area contributed by atoms with Crippen LogP contribution in [-0.4, -0.2) is 41.3 Å². The number of aliphatic imine (C=N–C) groups is 1. The predicted molar refractivity (Wildman–Crippen MR) is 95.3 cm³/mol. The molecule has 0 spiro atoms. The van der Waals surface area contributed by atoms with Crippen LogP contribution in [0.15, 0.2) is 41.9 Å². The van der Waals surface area contributed by atoms with Crippen LogP contribution in [0.5, 0.6) is 0 Å². The van der Waals surface area contributed by atoms with Gasteiger partial charge in [-0.15, -0.1) is 0 Å². The average Bonchev–Trinajstić information content (AvgIpc) is 3.27. The quantitative estimate of drug-likeness (QED) is 0.644. The van der Waals surface area contributed by atoms with Crippen molar-refractivity contribution in [2.24, 2.45) is 4.99 Å². The number of nitrogens with one attached hydrogen (secondary N) is 2. The molecule has 1 saturated heterocycles. The molecule has 1 aliphatic heterocycles. The van der Waals surface area contributed by atoms with E-state index in [-0.39, 0.29) is 11.4 Å². The summed E-state index contributed by atoms with van der Waals surface area (Å²) in [5, 5.41) is 6.48. The van der Waals surface area contributed by atoms with E-state index in [2.05, 4.69) is 27.5 Å². The molecule has 2 heterocycles. The number of hydrogen-bond acceptors (Lipinski definition) is 3. The Morgan fingerprint density at radius 2 is 2.32 bits per heavy atom. The lowest BCUT2D eigenvalue weighted by atomic mass is 10.0. The van der Waals surface area contributed by atoms with Crippen LogP contribution in [0.25, 0.3) is 5.69 Å². The van der Waals surface area contributed by atoms with Crippen LogP contribution in [-0.2, 0) is 11.3 Å². The SMILES string of the molecule is CN=C(NCc1ccc(-n2ccnc2)c(F)c1)NCC1(C)CCCO1. The van der Waals surface area contributed by atoms with Crippen LogP contribution in [0.2, 0.25) is 0 Å². The van der Waals surface area contributed by atoms with Gasteiger partial charge in [-0.1, -0.05) is 6.07 Å². The monoisotopic (exact) mass is 345 g/mol. The molecule has 3 rings (SSSR count). The molecule has 7 heteroatoms. The van der Waals surface area contributed by atoms with Crippen LogP contribution < -0.4 is 10.6 Å². The molecular weight excluding hydrogens is 321 g/mol. The Morgan fingerprint density at radius 1 is 1.44 bits per heavy atom. The Hall–Kier alpha value is -2.41. The zero-order valence-corrected chi connectivity index (χ0v) is 14.6. The Kier molecular flexibility index (Phi) is 5.33. The standard InChI is InChI=1S/C18H24FN5O/c1-18(6-3-9-25-18)12-23-17(20-2)22-11-14-4-5-16(15(19)10-14)24-8-7-21-13-24/h4-5,7-8,10,13H,3,6,9,11-12H2,1-2H3,(H2,20,22,23). The van der Waals surface area contributed by atoms with Gasteiger partial charge in [0.25, 0.3) is 0 Å². The van der Waals surface area contributed by atoms with E-state index in [1.165, 1.54) is 6.07 Å². The second-order valence-corrected chi connectivity index (χ2v) is 6.44. The molecule has 0 radical (unpaired) electrons. The fourth-order valence-corrected chi connectivity index (χ4v) is 2.92. The van der Waals surface area contributed by atoms with Crippen LogP contribution in [0.4, 0.5) is 4.39 Å². The van der Waals surface area contributed by atoms with Crippen molar-refractivity contribution >= 4 is 5.96 Å². The summed E-state index contributed by atoms with van der Waals surface area (Å²) < 4.78 is 21.7. The van der Waals surface area contributed by atoms with Crippen LogP contribution in [0, 0.1) is 5.82 Å². The molecule has 1 atom stereocenters. The van der Waals surface area contributed by atoms with Gasteiger partial charge in [0.2, 0.25) is 0 Å². The lowest BCUT2D eigenvalue weighted by Crippen LogP contribution is -2.45. The van der Waals surface area contributed by atoms with Crippen molar-refractivity contribution in [1.82, 2.24) is 20.2 Å². The summed E-state index contributed by atoms with van der Waals surface area (Å²) in [5.74, 6) is 0.392. The molecule has 0 saturated carbocycles. The molecule has 1 fully saturated rings. The van der Waals surface area contributed by atoms with E-state index in [1.807, 2.05) is 6.07 Å². The molecule has 2 N–H and O–H groups in total. The van der Waals surface area contributed by atoms with Gasteiger partial charge in [-0.2, -0.15) is 0 Å². The summed E-state index contributed by atoms with van der Waals surface area (Å²) in [7, 11) is 1.72. The van der Waals surface area contributed by atoms with E-state index in [0.717, 1.165) is 25.0 Å². The van der Waals surface area contributed by atoms with Gasteiger partial charge in [-0.05, 0) is 37.5 Å². The first kappa shape index (κ1) is 17.4. The third-order valence-corrected chi connectivity index (χ3v) is 4.41. The minimum absolute atomic E-state index is 0.143. The number of guanidine groups is 1. The van der Waals surface area contributed by atoms with Gasteiger partial charge in [0, 0.05) is 39.1 Å². The first-order valence-corrected chi connectivity index (χ1v) is 8.45. The van der Waals surface area contributed by atoms with Crippen molar-refractivity contribution in [1.29, 1.82) is 0 Å². The molecule has 0 bridgehead atoms. The van der Waals surface area contributed by atoms with Gasteiger partial charge in [0.05, 0.1) is 17.6 Å². The fourth-order valence-electron chi connectivity index (χ4n) is 2.92. The molecule has 25 heavy (non-hydrogen) atoms. The lowest BCUT2D eigenvalue weighted by Gasteiger charge is -2.24. The zero-order valence-electron chi connectivity index (χ0n) is 14.6. The summed E-state index contributed by atoms with van der Waals surface area (Å²) in [6.45, 7) is 4.09. The number of imidazole rings is 1. The van der Waals surface area contributed by atoms with Gasteiger partial charge >= 0.3 is 0 Å². The minimum Gasteiger partial charge on any atom is -0.373 e. The van der Waals surface area contributed by atoms with Crippen molar-refractivity contribution in [3.05, 3.63) is 48.3 Å². The van der Waals surface area contributed by atoms with E-state index < -0.39 is 0 Å². The Balaban J connectivity index is 1.56. The summed E-state index contributed by atoms with van der Waals surface area (Å²) in [5.41, 5.74) is 1.18. The van der Waals surface area contributed by atoms with E-state index in [0.29, 0.717) is 24.7 Å². The van der Waals surface area contributed by atoms with Crippen LogP contribution >= 0.6 is 0 Å². The van der Waals surface area contributed by atoms with Gasteiger partial charge < -0.3 is 19.9 Å².